The van der Waals surface area contributed by atoms with Crippen LogP contribution < -0.4 is 5.32 Å². The fraction of sp³-hybridized carbons (Fsp3) is 0.435. The van der Waals surface area contributed by atoms with Gasteiger partial charge in [0.15, 0.2) is 23.6 Å². The third-order valence-corrected chi connectivity index (χ3v) is 12.8. The van der Waals surface area contributed by atoms with Crippen molar-refractivity contribution >= 4 is 35.6 Å². The second kappa shape index (κ2) is 16.6. The van der Waals surface area contributed by atoms with Gasteiger partial charge < -0.3 is 44.3 Å². The van der Waals surface area contributed by atoms with Crippen molar-refractivity contribution in [1.82, 2.24) is 5.32 Å². The molecular formula is C46H49NO14. The van der Waals surface area contributed by atoms with Gasteiger partial charge in [-0.15, -0.1) is 0 Å². The van der Waals surface area contributed by atoms with Crippen molar-refractivity contribution in [2.75, 3.05) is 6.61 Å². The molecule has 7 rings (SSSR count). The summed E-state index contributed by atoms with van der Waals surface area (Å²) < 4.78 is 30.0. The topological polar surface area (TPSA) is 221 Å². The fourth-order valence-corrected chi connectivity index (χ4v) is 9.81. The molecule has 3 aliphatic carbocycles. The smallest absolute Gasteiger partial charge is 0.338 e. The maximum Gasteiger partial charge on any atom is 0.338 e. The first kappa shape index (κ1) is 43.4. The molecule has 3 fully saturated rings. The van der Waals surface area contributed by atoms with Gasteiger partial charge in [-0.3, -0.25) is 19.2 Å². The molecule has 0 radical (unpaired) electrons. The number of hydrogen-bond acceptors (Lipinski definition) is 14. The summed E-state index contributed by atoms with van der Waals surface area (Å²) in [5.74, 6) is -8.30. The van der Waals surface area contributed by atoms with Gasteiger partial charge in [0, 0.05) is 37.7 Å². The zero-order chi connectivity index (χ0) is 44.0. The summed E-state index contributed by atoms with van der Waals surface area (Å²) >= 11 is 0. The van der Waals surface area contributed by atoms with Gasteiger partial charge >= 0.3 is 23.9 Å². The van der Waals surface area contributed by atoms with Crippen LogP contribution in [0.3, 0.4) is 0 Å². The van der Waals surface area contributed by atoms with Crippen molar-refractivity contribution in [3.05, 3.63) is 119 Å². The Morgan fingerprint density at radius 1 is 0.836 bits per heavy atom. The third-order valence-electron chi connectivity index (χ3n) is 12.8. The number of Topliss-reactive ketones (excluding diaryl/α,β-unsaturated/α-hetero) is 1. The predicted octanol–water partition coefficient (Wildman–Crippen LogP) is 3.35. The standard InChI is InChI=1S/C46H49NO14/c1-24-31(59-43(55)38(52)36(27-15-9-6-10-16-27)47-41(53)28-17-11-7-12-18-28)22-46(56)40(60-42(54)29-19-13-8-14-20-29)35-33(30(50)21-32-45(35,23-57-32)61-26(3)49)37(51)39(58-25(2)48)34(24)44(46,4)5/h6-20,30-33,35-36,38-40,50,52,56H,21-23H2,1-5H3,(H,47,53)/t30-,31?,32+,33?,35?,36-,38+,39+,40-,45-,46+/m0/s1. The number of fused-ring (bicyclic) bond motifs is 5. The third kappa shape index (κ3) is 7.64. The van der Waals surface area contributed by atoms with E-state index in [1.165, 1.54) is 19.1 Å². The summed E-state index contributed by atoms with van der Waals surface area (Å²) in [5, 5.41) is 39.8. The van der Waals surface area contributed by atoms with E-state index in [0.29, 0.717) is 5.56 Å². The Balaban J connectivity index is 1.36. The Hall–Kier alpha value is -5.74. The number of benzene rings is 3. The molecule has 3 aromatic rings. The first-order valence-corrected chi connectivity index (χ1v) is 20.1. The quantitative estimate of drug-likeness (QED) is 0.131. The summed E-state index contributed by atoms with van der Waals surface area (Å²) in [6.07, 6.45) is -10.3. The van der Waals surface area contributed by atoms with Gasteiger partial charge in [0.25, 0.3) is 5.91 Å². The Bertz CT molecular complexity index is 2230. The number of amides is 1. The number of nitrogens with one attached hydrogen (secondary N) is 1. The zero-order valence-corrected chi connectivity index (χ0v) is 34.3. The molecule has 15 nitrogen and oxygen atoms in total. The largest absolute Gasteiger partial charge is 0.456 e. The highest BCUT2D eigenvalue weighted by Crippen LogP contribution is 2.61. The molecule has 4 N–H and O–H groups in total. The average Bonchev–Trinajstić information content (AvgIpc) is 3.22. The average molecular weight is 840 g/mol. The Morgan fingerprint density at radius 3 is 1.98 bits per heavy atom. The lowest BCUT2D eigenvalue weighted by atomic mass is 9.48. The molecule has 0 aromatic heterocycles. The predicted molar refractivity (Wildman–Crippen MR) is 213 cm³/mol. The number of aliphatic hydroxyl groups excluding tert-OH is 2. The lowest BCUT2D eigenvalue weighted by molar-refractivity contribution is -0.332. The maximum absolute atomic E-state index is 15.2. The van der Waals surface area contributed by atoms with E-state index in [0.717, 1.165) is 13.8 Å². The lowest BCUT2D eigenvalue weighted by Crippen LogP contribution is -2.79. The van der Waals surface area contributed by atoms with Gasteiger partial charge in [-0.05, 0) is 47.9 Å². The van der Waals surface area contributed by atoms with Crippen molar-refractivity contribution < 1.29 is 67.8 Å². The highest BCUT2D eigenvalue weighted by atomic mass is 16.6. The van der Waals surface area contributed by atoms with Crippen molar-refractivity contribution in [2.24, 2.45) is 17.3 Å². The van der Waals surface area contributed by atoms with Crippen molar-refractivity contribution in [3.63, 3.8) is 0 Å². The van der Waals surface area contributed by atoms with Crippen LogP contribution in [0.5, 0.6) is 0 Å². The highest BCUT2D eigenvalue weighted by molar-refractivity contribution is 5.95. The van der Waals surface area contributed by atoms with Gasteiger partial charge in [-0.25, -0.2) is 9.59 Å². The molecular weight excluding hydrogens is 790 g/mol. The molecule has 4 aliphatic rings. The summed E-state index contributed by atoms with van der Waals surface area (Å²) in [4.78, 5) is 82.7. The molecule has 0 spiro atoms. The van der Waals surface area contributed by atoms with Crippen molar-refractivity contribution in [3.8, 4) is 0 Å². The van der Waals surface area contributed by atoms with Crippen LogP contribution in [-0.2, 0) is 42.9 Å². The minimum Gasteiger partial charge on any atom is -0.456 e. The number of ketones is 1. The van der Waals surface area contributed by atoms with Crippen LogP contribution in [0, 0.1) is 17.3 Å². The first-order chi connectivity index (χ1) is 28.9. The van der Waals surface area contributed by atoms with Gasteiger partial charge in [0.2, 0.25) is 0 Å². The normalized spacial score (nSPS) is 31.0. The Labute approximate surface area is 352 Å². The molecule has 11 atom stereocenters. The first-order valence-electron chi connectivity index (χ1n) is 20.1. The number of rotatable bonds is 10. The number of carbonyl (C=O) groups excluding carboxylic acids is 6. The molecule has 1 amide bonds. The molecule has 3 aromatic carbocycles. The highest BCUT2D eigenvalue weighted by Gasteiger charge is 2.75. The molecule has 1 heterocycles. The van der Waals surface area contributed by atoms with Crippen LogP contribution in [-0.4, -0.2) is 105 Å². The van der Waals surface area contributed by atoms with Crippen molar-refractivity contribution in [1.29, 1.82) is 0 Å². The maximum atomic E-state index is 15.2. The molecule has 15 heteroatoms. The van der Waals surface area contributed by atoms with E-state index in [9.17, 15) is 39.3 Å². The molecule has 2 saturated carbocycles. The van der Waals surface area contributed by atoms with E-state index in [1.54, 1.807) is 92.7 Å². The fourth-order valence-electron chi connectivity index (χ4n) is 9.81. The zero-order valence-electron chi connectivity index (χ0n) is 34.3. The van der Waals surface area contributed by atoms with Crippen LogP contribution >= 0.6 is 0 Å². The SMILES string of the molecule is CC(=O)O[C@H]1C(=O)C2C([C@H](OC(=O)c3ccccc3)[C@]3(O)CC(OC(=O)[C@H](O)[C@@H](NC(=O)c4ccccc4)c4ccccc4)C(C)=C1C3(C)C)[C@]1(OC(C)=O)CO[C@@H]1C[C@@H]2O. The summed E-state index contributed by atoms with van der Waals surface area (Å²) in [6, 6.07) is 22.9. The van der Waals surface area contributed by atoms with E-state index >= 15 is 4.79 Å². The Morgan fingerprint density at radius 2 is 1.43 bits per heavy atom. The molecule has 61 heavy (non-hydrogen) atoms. The number of hydrogen-bond donors (Lipinski definition) is 4. The minimum absolute atomic E-state index is 0.00524. The van der Waals surface area contributed by atoms with Crippen LogP contribution in [0.25, 0.3) is 0 Å². The molecule has 1 saturated heterocycles. The summed E-state index contributed by atoms with van der Waals surface area (Å²) in [7, 11) is 0. The molecule has 322 valence electrons. The molecule has 2 bridgehead atoms. The van der Waals surface area contributed by atoms with Crippen molar-refractivity contribution in [2.45, 2.75) is 101 Å². The monoisotopic (exact) mass is 839 g/mol. The number of esters is 4. The van der Waals surface area contributed by atoms with Gasteiger partial charge in [0.1, 0.15) is 23.9 Å². The second-order valence-corrected chi connectivity index (χ2v) is 16.7. The van der Waals surface area contributed by atoms with E-state index in [-0.39, 0.29) is 35.3 Å². The van der Waals surface area contributed by atoms with Crippen LogP contribution in [0.4, 0.5) is 0 Å². The number of ether oxygens (including phenoxy) is 5. The Kier molecular flexibility index (Phi) is 11.8. The summed E-state index contributed by atoms with van der Waals surface area (Å²) in [6.45, 7) is 6.58. The molecule has 1 aliphatic heterocycles. The minimum atomic E-state index is -2.37. The van der Waals surface area contributed by atoms with Crippen LogP contribution in [0.1, 0.15) is 79.8 Å². The van der Waals surface area contributed by atoms with E-state index in [1.807, 2.05) is 0 Å². The van der Waals surface area contributed by atoms with Crippen LogP contribution in [0.15, 0.2) is 102 Å². The number of carbonyl (C=O) groups is 6. The van der Waals surface area contributed by atoms with Gasteiger partial charge in [-0.2, -0.15) is 0 Å². The van der Waals surface area contributed by atoms with E-state index < -0.39 is 113 Å². The second-order valence-electron chi connectivity index (χ2n) is 16.7. The van der Waals surface area contributed by atoms with Gasteiger partial charge in [0.05, 0.1) is 36.2 Å². The summed E-state index contributed by atoms with van der Waals surface area (Å²) in [5.41, 5.74) is -4.87. The van der Waals surface area contributed by atoms with E-state index in [4.69, 9.17) is 23.7 Å². The van der Waals surface area contributed by atoms with Gasteiger partial charge in [-0.1, -0.05) is 80.6 Å². The number of aliphatic hydroxyl groups is 3. The lowest BCUT2D eigenvalue weighted by Gasteiger charge is -2.64. The molecule has 3 unspecified atom stereocenters. The van der Waals surface area contributed by atoms with E-state index in [2.05, 4.69) is 5.32 Å². The van der Waals surface area contributed by atoms with Crippen LogP contribution in [0.2, 0.25) is 0 Å².